The predicted molar refractivity (Wildman–Crippen MR) is 199 cm³/mol. The van der Waals surface area contributed by atoms with Crippen LogP contribution in [0.25, 0.3) is 78.6 Å². The number of hydrogen-bond acceptors (Lipinski definition) is 2. The fraction of sp³-hybridized carbons (Fsp3) is 0.0889. The molecule has 0 atom stereocenters. The lowest BCUT2D eigenvalue weighted by Crippen LogP contribution is -2.02. The van der Waals surface area contributed by atoms with Gasteiger partial charge < -0.3 is 8.98 Å². The van der Waals surface area contributed by atoms with Gasteiger partial charge >= 0.3 is 0 Å². The third kappa shape index (κ3) is 4.70. The number of oxazole rings is 1. The summed E-state index contributed by atoms with van der Waals surface area (Å²) in [6.45, 7) is 2.15. The molecular weight excluding hydrogens is 585 g/mol. The van der Waals surface area contributed by atoms with Crippen LogP contribution in [0.4, 0.5) is 0 Å². The number of allylic oxidation sites excluding steroid dienone is 1. The van der Waals surface area contributed by atoms with Crippen LogP contribution in [0.1, 0.15) is 30.2 Å². The lowest BCUT2D eigenvalue weighted by atomic mass is 9.88. The molecule has 0 unspecified atom stereocenters. The molecule has 0 radical (unpaired) electrons. The smallest absolute Gasteiger partial charge is 0.227 e. The Morgan fingerprint density at radius 2 is 1.31 bits per heavy atom. The Balaban J connectivity index is 1.13. The molecule has 0 saturated heterocycles. The van der Waals surface area contributed by atoms with Crippen LogP contribution in [0.15, 0.2) is 150 Å². The van der Waals surface area contributed by atoms with Crippen molar-refractivity contribution in [1.82, 2.24) is 9.55 Å². The highest BCUT2D eigenvalue weighted by Gasteiger charge is 2.20. The third-order valence-corrected chi connectivity index (χ3v) is 9.74. The Morgan fingerprint density at radius 1 is 0.646 bits per heavy atom. The first-order chi connectivity index (χ1) is 23.8. The zero-order valence-electron chi connectivity index (χ0n) is 26.9. The fourth-order valence-corrected chi connectivity index (χ4v) is 7.41. The number of aromatic nitrogens is 2. The molecule has 0 spiro atoms. The van der Waals surface area contributed by atoms with Crippen molar-refractivity contribution < 1.29 is 4.42 Å². The van der Waals surface area contributed by atoms with Gasteiger partial charge in [-0.2, -0.15) is 0 Å². The summed E-state index contributed by atoms with van der Waals surface area (Å²) in [6.07, 6.45) is 7.66. The molecule has 2 heterocycles. The molecule has 0 saturated carbocycles. The normalized spacial score (nSPS) is 12.5. The number of rotatable bonds is 6. The molecule has 2 aromatic heterocycles. The van der Waals surface area contributed by atoms with Gasteiger partial charge in [0, 0.05) is 27.9 Å². The zero-order valence-corrected chi connectivity index (χ0v) is 26.9. The maximum atomic E-state index is 6.17. The molecule has 1 aliphatic rings. The molecule has 0 bridgehead atoms. The summed E-state index contributed by atoms with van der Waals surface area (Å²) in [5, 5.41) is 1.30. The molecule has 0 N–H and O–H groups in total. The van der Waals surface area contributed by atoms with Gasteiger partial charge in [0.15, 0.2) is 5.58 Å². The highest BCUT2D eigenvalue weighted by Crippen LogP contribution is 2.41. The van der Waals surface area contributed by atoms with E-state index in [-0.39, 0.29) is 0 Å². The van der Waals surface area contributed by atoms with E-state index in [1.807, 2.05) is 12.1 Å². The lowest BCUT2D eigenvalue weighted by Gasteiger charge is -2.15. The molecule has 6 aromatic carbocycles. The van der Waals surface area contributed by atoms with Gasteiger partial charge in [0.1, 0.15) is 5.52 Å². The van der Waals surface area contributed by atoms with Crippen LogP contribution in [-0.4, -0.2) is 9.55 Å². The lowest BCUT2D eigenvalue weighted by molar-refractivity contribution is 0.620. The van der Waals surface area contributed by atoms with E-state index in [1.165, 1.54) is 61.2 Å². The minimum Gasteiger partial charge on any atom is -0.436 e. The second-order valence-corrected chi connectivity index (χ2v) is 12.5. The summed E-state index contributed by atoms with van der Waals surface area (Å²) in [5.41, 5.74) is 16.4. The van der Waals surface area contributed by atoms with Crippen molar-refractivity contribution in [2.45, 2.75) is 26.2 Å². The van der Waals surface area contributed by atoms with Crippen molar-refractivity contribution in [2.24, 2.45) is 0 Å². The van der Waals surface area contributed by atoms with E-state index >= 15 is 0 Å². The van der Waals surface area contributed by atoms with Gasteiger partial charge in [-0.1, -0.05) is 116 Å². The van der Waals surface area contributed by atoms with Crippen LogP contribution in [0, 0.1) is 0 Å². The minimum atomic E-state index is 0.657. The fourth-order valence-electron chi connectivity index (χ4n) is 7.41. The summed E-state index contributed by atoms with van der Waals surface area (Å²) in [4.78, 5) is 4.86. The number of hydrogen-bond donors (Lipinski definition) is 0. The van der Waals surface area contributed by atoms with Crippen molar-refractivity contribution in [1.29, 1.82) is 0 Å². The Bertz CT molecular complexity index is 2480. The molecular formula is C45H34N2O. The zero-order chi connectivity index (χ0) is 32.0. The molecule has 3 nitrogen and oxygen atoms in total. The van der Waals surface area contributed by atoms with E-state index in [9.17, 15) is 0 Å². The van der Waals surface area contributed by atoms with Crippen molar-refractivity contribution in [2.75, 3.05) is 0 Å². The maximum Gasteiger partial charge on any atom is 0.227 e. The summed E-state index contributed by atoms with van der Waals surface area (Å²) in [7, 11) is 0. The van der Waals surface area contributed by atoms with Gasteiger partial charge in [-0.15, -0.1) is 0 Å². The van der Waals surface area contributed by atoms with Gasteiger partial charge in [-0.3, -0.25) is 0 Å². The van der Waals surface area contributed by atoms with Crippen LogP contribution >= 0.6 is 0 Å². The second-order valence-electron chi connectivity index (χ2n) is 12.5. The van der Waals surface area contributed by atoms with Gasteiger partial charge in [-0.25, -0.2) is 4.98 Å². The molecule has 9 rings (SSSR count). The summed E-state index contributed by atoms with van der Waals surface area (Å²) in [5.74, 6) is 0.657. The van der Waals surface area contributed by atoms with E-state index in [0.29, 0.717) is 5.89 Å². The predicted octanol–water partition coefficient (Wildman–Crippen LogP) is 12.0. The van der Waals surface area contributed by atoms with Crippen molar-refractivity contribution >= 4 is 28.1 Å². The van der Waals surface area contributed by atoms with E-state index in [2.05, 4.69) is 151 Å². The highest BCUT2D eigenvalue weighted by molar-refractivity contribution is 5.99. The van der Waals surface area contributed by atoms with Crippen LogP contribution in [0.2, 0.25) is 0 Å². The number of para-hydroxylation sites is 2. The van der Waals surface area contributed by atoms with Crippen LogP contribution in [-0.2, 0) is 12.8 Å². The molecule has 230 valence electrons. The number of fused-ring (bicyclic) bond motifs is 4. The molecule has 8 aromatic rings. The van der Waals surface area contributed by atoms with Crippen molar-refractivity contribution in [3.05, 3.63) is 162 Å². The highest BCUT2D eigenvalue weighted by atomic mass is 16.3. The van der Waals surface area contributed by atoms with Gasteiger partial charge in [0.25, 0.3) is 0 Å². The maximum absolute atomic E-state index is 6.17. The number of benzene rings is 6. The van der Waals surface area contributed by atoms with E-state index < -0.39 is 0 Å². The summed E-state index contributed by atoms with van der Waals surface area (Å²) >= 11 is 0. The van der Waals surface area contributed by atoms with E-state index in [0.717, 1.165) is 41.5 Å². The monoisotopic (exact) mass is 618 g/mol. The van der Waals surface area contributed by atoms with Gasteiger partial charge in [0.2, 0.25) is 5.89 Å². The first kappa shape index (κ1) is 28.3. The first-order valence-electron chi connectivity index (χ1n) is 16.8. The standard InChI is InChI=1S/C45H34N2O/c1-2-30-13-12-22-43-44(30)46-45(48-43)32-25-23-31(24-26-32)35-16-6-8-18-37(35)38-19-9-7-17-36(38)33-27-28-42-40(29-33)39-20-10-11-21-41(39)47(42)34-14-4-3-5-15-34/h3-10,12-20,22-29H,2,11,21H2,1H3. The van der Waals surface area contributed by atoms with Crippen LogP contribution in [0.3, 0.4) is 0 Å². The van der Waals surface area contributed by atoms with Gasteiger partial charge in [0.05, 0.1) is 5.52 Å². The Kier molecular flexibility index (Phi) is 6.90. The topological polar surface area (TPSA) is 31.0 Å². The molecule has 0 aliphatic heterocycles. The summed E-state index contributed by atoms with van der Waals surface area (Å²) < 4.78 is 8.63. The van der Waals surface area contributed by atoms with Crippen LogP contribution in [0.5, 0.6) is 0 Å². The number of nitrogens with zero attached hydrogens (tertiary/aromatic N) is 2. The molecule has 3 heteroatoms. The first-order valence-corrected chi connectivity index (χ1v) is 16.8. The van der Waals surface area contributed by atoms with Crippen molar-refractivity contribution in [3.63, 3.8) is 0 Å². The average Bonchev–Trinajstić information content (AvgIpc) is 3.75. The Labute approximate surface area is 280 Å². The number of aryl methyl sites for hydroxylation is 1. The van der Waals surface area contributed by atoms with E-state index in [4.69, 9.17) is 9.40 Å². The van der Waals surface area contributed by atoms with Gasteiger partial charge in [-0.05, 0) is 101 Å². The Hall–Kier alpha value is -5.93. The SMILES string of the molecule is CCc1cccc2oc(-c3ccc(-c4ccccc4-c4ccccc4-c4ccc5c(c4)c4c(n5-c5ccccc5)CCC=C4)cc3)nc12. The average molecular weight is 619 g/mol. The second kappa shape index (κ2) is 11.7. The third-order valence-electron chi connectivity index (χ3n) is 9.74. The summed E-state index contributed by atoms with van der Waals surface area (Å²) in [6, 6.07) is 50.0. The largest absolute Gasteiger partial charge is 0.436 e. The molecule has 1 aliphatic carbocycles. The molecule has 0 amide bonds. The quantitative estimate of drug-likeness (QED) is 0.186. The minimum absolute atomic E-state index is 0.657. The Morgan fingerprint density at radius 3 is 2.06 bits per heavy atom. The molecule has 0 fully saturated rings. The van der Waals surface area contributed by atoms with E-state index in [1.54, 1.807) is 0 Å². The molecule has 48 heavy (non-hydrogen) atoms. The van der Waals surface area contributed by atoms with Crippen molar-refractivity contribution in [3.8, 4) is 50.5 Å². The van der Waals surface area contributed by atoms with Crippen LogP contribution < -0.4 is 0 Å².